The fourth-order valence-electron chi connectivity index (χ4n) is 2.78. The van der Waals surface area contributed by atoms with Crippen LogP contribution in [0.15, 0.2) is 51.1 Å². The molecule has 29 heavy (non-hydrogen) atoms. The van der Waals surface area contributed by atoms with Gasteiger partial charge in [0.05, 0.1) is 17.5 Å². The van der Waals surface area contributed by atoms with E-state index in [4.69, 9.17) is 11.6 Å². The van der Waals surface area contributed by atoms with Crippen LogP contribution in [0.1, 0.15) is 5.56 Å². The van der Waals surface area contributed by atoms with Gasteiger partial charge < -0.3 is 10.1 Å². The highest BCUT2D eigenvalue weighted by atomic mass is 79.9. The third-order valence-electron chi connectivity index (χ3n) is 4.08. The molecule has 11 heteroatoms. The summed E-state index contributed by atoms with van der Waals surface area (Å²) in [6, 6.07) is 9.88. The van der Waals surface area contributed by atoms with Gasteiger partial charge in [-0.3, -0.25) is 9.10 Å². The fourth-order valence-corrected chi connectivity index (χ4v) is 4.27. The van der Waals surface area contributed by atoms with E-state index in [0.717, 1.165) is 15.0 Å². The molecule has 1 aromatic heterocycles. The minimum atomic E-state index is -3.76. The number of rotatable bonds is 5. The number of hydrogen-bond acceptors (Lipinski definition) is 5. The lowest BCUT2D eigenvalue weighted by Crippen LogP contribution is -2.34. The Labute approximate surface area is 180 Å². The van der Waals surface area contributed by atoms with Crippen molar-refractivity contribution in [2.75, 3.05) is 17.1 Å². The van der Waals surface area contributed by atoms with Crippen molar-refractivity contribution in [1.29, 1.82) is 0 Å². The molecule has 0 aliphatic carbocycles. The fraction of sp³-hybridized carbons (Fsp3) is 0.167. The number of benzene rings is 2. The number of azo groups is 1. The number of carbonyl (C=O) groups is 1. The summed E-state index contributed by atoms with van der Waals surface area (Å²) in [5.41, 5.74) is 1.61. The number of anilines is 1. The van der Waals surface area contributed by atoms with Crippen molar-refractivity contribution in [1.82, 2.24) is 4.98 Å². The van der Waals surface area contributed by atoms with E-state index in [2.05, 4.69) is 31.1 Å². The molecule has 2 aromatic carbocycles. The van der Waals surface area contributed by atoms with Gasteiger partial charge in [-0.05, 0) is 48.9 Å². The normalized spacial score (nSPS) is 12.0. The van der Waals surface area contributed by atoms with Gasteiger partial charge in [0.15, 0.2) is 5.69 Å². The molecule has 0 aliphatic rings. The number of halogens is 2. The summed E-state index contributed by atoms with van der Waals surface area (Å²) in [5, 5.41) is 18.5. The first-order valence-corrected chi connectivity index (χ1v) is 11.3. The summed E-state index contributed by atoms with van der Waals surface area (Å²) in [5.74, 6) is -1.04. The zero-order valence-electron chi connectivity index (χ0n) is 15.3. The second-order valence-electron chi connectivity index (χ2n) is 6.31. The lowest BCUT2D eigenvalue weighted by atomic mass is 10.2. The van der Waals surface area contributed by atoms with Crippen LogP contribution in [0.3, 0.4) is 0 Å². The highest BCUT2D eigenvalue weighted by Gasteiger charge is 2.22. The van der Waals surface area contributed by atoms with Gasteiger partial charge in [0, 0.05) is 14.9 Å². The van der Waals surface area contributed by atoms with Crippen molar-refractivity contribution < 1.29 is 18.3 Å². The molecule has 0 unspecified atom stereocenters. The van der Waals surface area contributed by atoms with Crippen LogP contribution in [-0.2, 0) is 14.8 Å². The number of hydrogen-bond donors (Lipinski definition) is 2. The Balaban J connectivity index is 1.90. The van der Waals surface area contributed by atoms with Crippen LogP contribution < -0.4 is 4.31 Å². The van der Waals surface area contributed by atoms with Crippen molar-refractivity contribution in [2.45, 2.75) is 6.92 Å². The predicted molar refractivity (Wildman–Crippen MR) is 116 cm³/mol. The number of aryl methyl sites for hydroxylation is 1. The van der Waals surface area contributed by atoms with Crippen molar-refractivity contribution in [3.8, 4) is 5.88 Å². The second-order valence-corrected chi connectivity index (χ2v) is 9.57. The molecule has 0 saturated heterocycles. The minimum Gasteiger partial charge on any atom is -0.493 e. The van der Waals surface area contributed by atoms with E-state index in [1.807, 2.05) is 0 Å². The summed E-state index contributed by atoms with van der Waals surface area (Å²) < 4.78 is 26.1. The average Bonchev–Trinajstić information content (AvgIpc) is 2.92. The number of amides is 1. The van der Waals surface area contributed by atoms with Gasteiger partial charge in [-0.25, -0.2) is 8.42 Å². The van der Waals surface area contributed by atoms with E-state index < -0.39 is 22.5 Å². The first kappa shape index (κ1) is 21.3. The highest BCUT2D eigenvalue weighted by Crippen LogP contribution is 2.36. The summed E-state index contributed by atoms with van der Waals surface area (Å²) in [7, 11) is -3.76. The molecule has 0 atom stereocenters. The van der Waals surface area contributed by atoms with E-state index in [0.29, 0.717) is 27.2 Å². The van der Waals surface area contributed by atoms with Crippen molar-refractivity contribution in [3.05, 3.63) is 51.5 Å². The SMILES string of the molecule is Cc1cc(Cl)ccc1N(CC(=O)N=Nc1c(O)[nH]c2ccc(Br)cc12)S(C)(=O)=O. The van der Waals surface area contributed by atoms with Gasteiger partial charge in [-0.2, -0.15) is 0 Å². The molecule has 0 radical (unpaired) electrons. The molecule has 0 spiro atoms. The zero-order chi connectivity index (χ0) is 21.3. The van der Waals surface area contributed by atoms with E-state index in [1.54, 1.807) is 31.2 Å². The maximum absolute atomic E-state index is 12.4. The molecule has 8 nitrogen and oxygen atoms in total. The molecule has 1 heterocycles. The molecule has 0 aliphatic heterocycles. The zero-order valence-corrected chi connectivity index (χ0v) is 18.5. The lowest BCUT2D eigenvalue weighted by molar-refractivity contribution is -0.116. The number of aromatic nitrogens is 1. The number of sulfonamides is 1. The van der Waals surface area contributed by atoms with Gasteiger partial charge in [0.25, 0.3) is 5.91 Å². The number of fused-ring (bicyclic) bond motifs is 1. The summed E-state index contributed by atoms with van der Waals surface area (Å²) >= 11 is 9.25. The van der Waals surface area contributed by atoms with E-state index in [9.17, 15) is 18.3 Å². The van der Waals surface area contributed by atoms with Crippen LogP contribution in [0.4, 0.5) is 11.4 Å². The Morgan fingerprint density at radius 1 is 1.28 bits per heavy atom. The molecular formula is C18H16BrClN4O4S. The maximum atomic E-state index is 12.4. The Bertz CT molecular complexity index is 1240. The van der Waals surface area contributed by atoms with Crippen LogP contribution >= 0.6 is 27.5 Å². The largest absolute Gasteiger partial charge is 0.493 e. The molecule has 0 saturated carbocycles. The standard InChI is InChI=1S/C18H16BrClN4O4S/c1-10-7-12(20)4-6-15(10)24(29(2,27)28)9-16(25)22-23-17-13-8-11(19)3-5-14(13)21-18(17)26/h3-8,21,26H,9H2,1-2H3. The topological polar surface area (TPSA) is 115 Å². The predicted octanol–water partition coefficient (Wildman–Crippen LogP) is 4.67. The average molecular weight is 500 g/mol. The van der Waals surface area contributed by atoms with Crippen LogP contribution in [0, 0.1) is 6.92 Å². The summed E-state index contributed by atoms with van der Waals surface area (Å²) in [6.07, 6.45) is 0.995. The molecule has 1 amide bonds. The maximum Gasteiger partial charge on any atom is 0.285 e. The van der Waals surface area contributed by atoms with Crippen LogP contribution in [0.5, 0.6) is 5.88 Å². The lowest BCUT2D eigenvalue weighted by Gasteiger charge is -2.22. The smallest absolute Gasteiger partial charge is 0.285 e. The van der Waals surface area contributed by atoms with Gasteiger partial charge in [-0.1, -0.05) is 27.5 Å². The van der Waals surface area contributed by atoms with Gasteiger partial charge in [-0.15, -0.1) is 10.2 Å². The summed E-state index contributed by atoms with van der Waals surface area (Å²) in [6.45, 7) is 1.14. The van der Waals surface area contributed by atoms with Gasteiger partial charge in [0.1, 0.15) is 6.54 Å². The van der Waals surface area contributed by atoms with E-state index >= 15 is 0 Å². The van der Waals surface area contributed by atoms with Gasteiger partial charge in [0.2, 0.25) is 15.9 Å². The number of aromatic hydroxyl groups is 1. The Morgan fingerprint density at radius 3 is 2.66 bits per heavy atom. The van der Waals surface area contributed by atoms with Crippen LogP contribution in [0.25, 0.3) is 10.9 Å². The quantitative estimate of drug-likeness (QED) is 0.496. The number of H-pyrrole nitrogens is 1. The summed E-state index contributed by atoms with van der Waals surface area (Å²) in [4.78, 5) is 15.1. The monoisotopic (exact) mass is 498 g/mol. The van der Waals surface area contributed by atoms with Crippen LogP contribution in [-0.4, -0.2) is 37.2 Å². The number of aromatic amines is 1. The molecule has 152 valence electrons. The van der Waals surface area contributed by atoms with E-state index in [-0.39, 0.29) is 11.6 Å². The number of nitrogens with zero attached hydrogens (tertiary/aromatic N) is 3. The Hall–Kier alpha value is -2.43. The highest BCUT2D eigenvalue weighted by molar-refractivity contribution is 9.10. The van der Waals surface area contributed by atoms with Crippen molar-refractivity contribution in [2.24, 2.45) is 10.2 Å². The second kappa shape index (κ2) is 8.13. The van der Waals surface area contributed by atoms with E-state index in [1.165, 1.54) is 12.1 Å². The number of carbonyl (C=O) groups excluding carboxylic acids is 1. The molecule has 3 rings (SSSR count). The Kier molecular flexibility index (Phi) is 5.97. The Morgan fingerprint density at radius 2 is 2.00 bits per heavy atom. The van der Waals surface area contributed by atoms with Gasteiger partial charge >= 0.3 is 0 Å². The first-order valence-electron chi connectivity index (χ1n) is 8.25. The molecule has 2 N–H and O–H groups in total. The first-order chi connectivity index (χ1) is 13.6. The third-order valence-corrected chi connectivity index (χ3v) is 5.94. The van der Waals surface area contributed by atoms with Crippen molar-refractivity contribution >= 4 is 65.7 Å². The third kappa shape index (κ3) is 4.77. The molecule has 0 bridgehead atoms. The minimum absolute atomic E-state index is 0.0863. The van der Waals surface area contributed by atoms with Crippen molar-refractivity contribution in [3.63, 3.8) is 0 Å². The number of nitrogens with one attached hydrogen (secondary N) is 1. The molecular weight excluding hydrogens is 484 g/mol. The van der Waals surface area contributed by atoms with Crippen LogP contribution in [0.2, 0.25) is 5.02 Å². The molecule has 0 fully saturated rings. The molecule has 3 aromatic rings.